The van der Waals surface area contributed by atoms with Crippen LogP contribution in [0.5, 0.6) is 0 Å². The Balaban J connectivity index is 2.52. The summed E-state index contributed by atoms with van der Waals surface area (Å²) >= 11 is 35.0. The molecule has 0 aliphatic rings. The van der Waals surface area contributed by atoms with Gasteiger partial charge in [0.2, 0.25) is 9.70 Å². The van der Waals surface area contributed by atoms with Crippen molar-refractivity contribution in [1.29, 1.82) is 0 Å². The number of carbonyl (C=O) groups is 1. The molecule has 3 N–H and O–H groups in total. The van der Waals surface area contributed by atoms with Gasteiger partial charge in [0.1, 0.15) is 6.17 Å². The van der Waals surface area contributed by atoms with Gasteiger partial charge >= 0.3 is 0 Å². The minimum Gasteiger partial charge on any atom is -0.339 e. The Morgan fingerprint density at radius 2 is 1.68 bits per heavy atom. The van der Waals surface area contributed by atoms with Crippen molar-refractivity contribution >= 4 is 86.9 Å². The van der Waals surface area contributed by atoms with Crippen LogP contribution in [0.25, 0.3) is 0 Å². The van der Waals surface area contributed by atoms with Crippen LogP contribution in [0.15, 0.2) is 18.2 Å². The third-order valence-corrected chi connectivity index (χ3v) is 5.46. The van der Waals surface area contributed by atoms with Crippen LogP contribution in [0.2, 0.25) is 10.0 Å². The second-order valence-corrected chi connectivity index (χ2v) is 9.88. The van der Waals surface area contributed by atoms with Crippen LogP contribution >= 0.6 is 70.2 Å². The second kappa shape index (κ2) is 13.2. The number of hydrogen-bond donors (Lipinski definition) is 3. The molecule has 1 amide bonds. The molecule has 4 nitrogen and oxygen atoms in total. The zero-order valence-corrected chi connectivity index (χ0v) is 20.1. The number of halogens is 5. The third kappa shape index (κ3) is 10.6. The molecule has 0 heterocycles. The molecule has 1 atom stereocenters. The Bertz CT molecular complexity index is 655. The summed E-state index contributed by atoms with van der Waals surface area (Å²) in [6, 6.07) is 4.94. The van der Waals surface area contributed by atoms with E-state index in [0.717, 1.165) is 19.3 Å². The van der Waals surface area contributed by atoms with Gasteiger partial charge in [-0.2, -0.15) is 0 Å². The highest BCUT2D eigenvalue weighted by Crippen LogP contribution is 2.29. The fourth-order valence-corrected chi connectivity index (χ4v) is 3.23. The average Bonchev–Trinajstić information content (AvgIpc) is 2.60. The summed E-state index contributed by atoms with van der Waals surface area (Å²) in [7, 11) is 0. The molecule has 1 aromatic carbocycles. The highest BCUT2D eigenvalue weighted by molar-refractivity contribution is 7.80. The summed E-state index contributed by atoms with van der Waals surface area (Å²) in [4.78, 5) is 12.2. The van der Waals surface area contributed by atoms with Crippen molar-refractivity contribution in [2.75, 3.05) is 5.32 Å². The van der Waals surface area contributed by atoms with E-state index < -0.39 is 9.96 Å². The number of unbranched alkanes of at least 4 members (excludes halogenated alkanes) is 5. The first-order valence-corrected chi connectivity index (χ1v) is 11.3. The van der Waals surface area contributed by atoms with Crippen molar-refractivity contribution in [2.24, 2.45) is 0 Å². The van der Waals surface area contributed by atoms with Crippen LogP contribution in [0.4, 0.5) is 5.69 Å². The number of carbonyl (C=O) groups excluding carboxylic acids is 1. The Kier molecular flexibility index (Phi) is 12.2. The molecule has 0 radical (unpaired) electrons. The monoisotopic (exact) mass is 505 g/mol. The Labute approximate surface area is 196 Å². The van der Waals surface area contributed by atoms with E-state index in [1.54, 1.807) is 18.2 Å². The molecular weight excluding hydrogens is 484 g/mol. The van der Waals surface area contributed by atoms with Crippen LogP contribution in [0, 0.1) is 0 Å². The van der Waals surface area contributed by atoms with Gasteiger partial charge < -0.3 is 16.0 Å². The first-order valence-electron chi connectivity index (χ1n) is 9.02. The maximum Gasteiger partial charge on any atom is 0.228 e. The van der Waals surface area contributed by atoms with Crippen LogP contribution in [0.1, 0.15) is 51.9 Å². The maximum absolute atomic E-state index is 12.2. The van der Waals surface area contributed by atoms with Crippen LogP contribution in [-0.4, -0.2) is 21.0 Å². The van der Waals surface area contributed by atoms with Gasteiger partial charge in [-0.3, -0.25) is 4.79 Å². The number of anilines is 1. The van der Waals surface area contributed by atoms with Crippen molar-refractivity contribution in [2.45, 2.75) is 61.8 Å². The van der Waals surface area contributed by atoms with E-state index in [2.05, 4.69) is 22.9 Å². The van der Waals surface area contributed by atoms with E-state index in [1.165, 1.54) is 19.3 Å². The molecule has 0 bridgehead atoms. The molecule has 0 aliphatic heterocycles. The lowest BCUT2D eigenvalue weighted by atomic mass is 10.1. The molecule has 0 aromatic heterocycles. The molecular formula is C18H24Cl5N3OS. The van der Waals surface area contributed by atoms with E-state index in [4.69, 9.17) is 70.2 Å². The lowest BCUT2D eigenvalue weighted by Gasteiger charge is -2.27. The Morgan fingerprint density at radius 1 is 1.04 bits per heavy atom. The quantitative estimate of drug-likeness (QED) is 0.140. The Hall–Kier alpha value is -0.170. The maximum atomic E-state index is 12.2. The van der Waals surface area contributed by atoms with Crippen LogP contribution < -0.4 is 16.0 Å². The van der Waals surface area contributed by atoms with Crippen molar-refractivity contribution in [3.63, 3.8) is 0 Å². The van der Waals surface area contributed by atoms with Gasteiger partial charge in [0.15, 0.2) is 5.11 Å². The van der Waals surface area contributed by atoms with Gasteiger partial charge in [0, 0.05) is 12.1 Å². The predicted molar refractivity (Wildman–Crippen MR) is 126 cm³/mol. The molecule has 0 unspecified atom stereocenters. The standard InChI is InChI=1S/C18H24Cl5N3OS/c1-2-3-4-5-6-7-8-15(27)25-16(18(21,22)23)26-17(28)24-12-9-10-13(19)14(20)11-12/h9-11,16H,2-8H2,1H3,(H,25,27)(H2,24,26,28)/t16-/m1/s1. The molecule has 28 heavy (non-hydrogen) atoms. The van der Waals surface area contributed by atoms with E-state index >= 15 is 0 Å². The minimum atomic E-state index is -1.79. The Morgan fingerprint density at radius 3 is 2.29 bits per heavy atom. The largest absolute Gasteiger partial charge is 0.339 e. The fraction of sp³-hybridized carbons (Fsp3) is 0.556. The number of thiocarbonyl (C=S) groups is 1. The van der Waals surface area contributed by atoms with E-state index in [1.807, 2.05) is 0 Å². The molecule has 0 saturated carbocycles. The number of nitrogens with one attached hydrogen (secondary N) is 3. The van der Waals surface area contributed by atoms with Gasteiger partial charge in [0.25, 0.3) is 0 Å². The first-order chi connectivity index (χ1) is 13.1. The third-order valence-electron chi connectivity index (χ3n) is 3.84. The molecule has 1 rings (SSSR count). The number of benzene rings is 1. The summed E-state index contributed by atoms with van der Waals surface area (Å²) < 4.78 is -1.79. The second-order valence-electron chi connectivity index (χ2n) is 6.29. The first kappa shape index (κ1) is 25.9. The van der Waals surface area contributed by atoms with Gasteiger partial charge in [-0.1, -0.05) is 97.0 Å². The van der Waals surface area contributed by atoms with Crippen molar-refractivity contribution < 1.29 is 4.79 Å². The summed E-state index contributed by atoms with van der Waals surface area (Å²) in [6.07, 6.45) is 5.86. The van der Waals surface area contributed by atoms with Crippen LogP contribution in [-0.2, 0) is 4.79 Å². The zero-order valence-electron chi connectivity index (χ0n) is 15.5. The minimum absolute atomic E-state index is 0.162. The topological polar surface area (TPSA) is 53.2 Å². The number of hydrogen-bond acceptors (Lipinski definition) is 2. The lowest BCUT2D eigenvalue weighted by Crippen LogP contribution is -2.56. The molecule has 0 aliphatic carbocycles. The van der Waals surface area contributed by atoms with Crippen molar-refractivity contribution in [3.05, 3.63) is 28.2 Å². The molecule has 1 aromatic rings. The molecule has 0 fully saturated rings. The fourth-order valence-electron chi connectivity index (χ4n) is 2.37. The summed E-state index contributed by atoms with van der Waals surface area (Å²) in [5, 5.41) is 9.35. The van der Waals surface area contributed by atoms with Gasteiger partial charge in [-0.15, -0.1) is 0 Å². The van der Waals surface area contributed by atoms with Gasteiger partial charge in [-0.25, -0.2) is 0 Å². The van der Waals surface area contributed by atoms with E-state index in [0.29, 0.717) is 22.2 Å². The summed E-state index contributed by atoms with van der Waals surface area (Å²) in [5.41, 5.74) is 0.605. The smallest absolute Gasteiger partial charge is 0.228 e. The predicted octanol–water partition coefficient (Wildman–Crippen LogP) is 6.84. The molecule has 158 valence electrons. The zero-order chi connectivity index (χ0) is 21.2. The normalized spacial score (nSPS) is 12.4. The van der Waals surface area contributed by atoms with Gasteiger partial charge in [-0.05, 0) is 36.8 Å². The summed E-state index contributed by atoms with van der Waals surface area (Å²) in [6.45, 7) is 2.16. The SMILES string of the molecule is CCCCCCCCC(=O)N[C@H](NC(=S)Nc1ccc(Cl)c(Cl)c1)C(Cl)(Cl)Cl. The van der Waals surface area contributed by atoms with E-state index in [-0.39, 0.29) is 11.0 Å². The molecule has 10 heteroatoms. The van der Waals surface area contributed by atoms with Crippen molar-refractivity contribution in [1.82, 2.24) is 10.6 Å². The van der Waals surface area contributed by atoms with Crippen LogP contribution in [0.3, 0.4) is 0 Å². The average molecular weight is 508 g/mol. The number of amides is 1. The molecule has 0 spiro atoms. The van der Waals surface area contributed by atoms with Crippen molar-refractivity contribution in [3.8, 4) is 0 Å². The summed E-state index contributed by atoms with van der Waals surface area (Å²) in [5.74, 6) is -0.211. The van der Waals surface area contributed by atoms with Gasteiger partial charge in [0.05, 0.1) is 10.0 Å². The molecule has 0 saturated heterocycles. The highest BCUT2D eigenvalue weighted by atomic mass is 35.6. The van der Waals surface area contributed by atoms with E-state index in [9.17, 15) is 4.79 Å². The number of rotatable bonds is 10. The lowest BCUT2D eigenvalue weighted by molar-refractivity contribution is -0.122. The number of alkyl halides is 3. The highest BCUT2D eigenvalue weighted by Gasteiger charge is 2.34.